The normalized spacial score (nSPS) is 40.2. The molecule has 2 fully saturated rings. The number of nitrogens with one attached hydrogen (secondary N) is 1. The van der Waals surface area contributed by atoms with E-state index < -0.39 is 15.9 Å². The molecule has 0 aromatic carbocycles. The van der Waals surface area contributed by atoms with Crippen molar-refractivity contribution in [1.29, 1.82) is 0 Å². The second-order valence-corrected chi connectivity index (χ2v) is 7.82. The molecule has 0 aromatic heterocycles. The van der Waals surface area contributed by atoms with E-state index in [-0.39, 0.29) is 17.5 Å². The SMILES string of the molecule is CNC1CCC(N(C)C2CS(=O)(=O)CC2O)CC1. The molecule has 2 atom stereocenters. The van der Waals surface area contributed by atoms with E-state index in [1.807, 2.05) is 14.1 Å². The van der Waals surface area contributed by atoms with Gasteiger partial charge in [0.15, 0.2) is 9.84 Å². The summed E-state index contributed by atoms with van der Waals surface area (Å²) in [6.07, 6.45) is 3.68. The summed E-state index contributed by atoms with van der Waals surface area (Å²) in [6.45, 7) is 0. The van der Waals surface area contributed by atoms with Gasteiger partial charge in [-0.2, -0.15) is 0 Å². The van der Waals surface area contributed by atoms with Crippen LogP contribution in [0.2, 0.25) is 0 Å². The number of hydrogen-bond acceptors (Lipinski definition) is 5. The van der Waals surface area contributed by atoms with E-state index in [9.17, 15) is 13.5 Å². The van der Waals surface area contributed by atoms with E-state index in [4.69, 9.17) is 0 Å². The number of rotatable bonds is 3. The van der Waals surface area contributed by atoms with Gasteiger partial charge in [-0.25, -0.2) is 8.42 Å². The molecule has 2 N–H and O–H groups in total. The molecular weight excluding hydrogens is 252 g/mol. The molecule has 2 unspecified atom stereocenters. The minimum Gasteiger partial charge on any atom is -0.390 e. The van der Waals surface area contributed by atoms with Crippen LogP contribution >= 0.6 is 0 Å². The highest BCUT2D eigenvalue weighted by molar-refractivity contribution is 7.91. The fraction of sp³-hybridized carbons (Fsp3) is 1.00. The molecule has 2 aliphatic rings. The summed E-state index contributed by atoms with van der Waals surface area (Å²) in [6, 6.07) is 0.778. The molecule has 1 aliphatic heterocycles. The smallest absolute Gasteiger partial charge is 0.154 e. The lowest BCUT2D eigenvalue weighted by molar-refractivity contribution is 0.0575. The number of hydrogen-bond donors (Lipinski definition) is 2. The number of aliphatic hydroxyl groups is 1. The maximum absolute atomic E-state index is 11.5. The lowest BCUT2D eigenvalue weighted by Gasteiger charge is -2.38. The van der Waals surface area contributed by atoms with Gasteiger partial charge in [0, 0.05) is 12.1 Å². The van der Waals surface area contributed by atoms with Crippen LogP contribution in [0.3, 0.4) is 0 Å². The summed E-state index contributed by atoms with van der Waals surface area (Å²) in [4.78, 5) is 2.10. The summed E-state index contributed by atoms with van der Waals surface area (Å²) in [5.41, 5.74) is 0. The van der Waals surface area contributed by atoms with Gasteiger partial charge in [-0.15, -0.1) is 0 Å². The van der Waals surface area contributed by atoms with Crippen molar-refractivity contribution in [3.05, 3.63) is 0 Å². The van der Waals surface area contributed by atoms with Gasteiger partial charge in [0.2, 0.25) is 0 Å². The molecule has 1 heterocycles. The molecule has 0 amide bonds. The van der Waals surface area contributed by atoms with Crippen molar-refractivity contribution in [1.82, 2.24) is 10.2 Å². The predicted molar refractivity (Wildman–Crippen MR) is 71.3 cm³/mol. The number of sulfone groups is 1. The van der Waals surface area contributed by atoms with Crippen molar-refractivity contribution >= 4 is 9.84 Å². The zero-order chi connectivity index (χ0) is 13.3. The summed E-state index contributed by atoms with van der Waals surface area (Å²) in [5, 5.41) is 13.2. The molecule has 0 bridgehead atoms. The maximum atomic E-state index is 11.5. The van der Waals surface area contributed by atoms with Crippen molar-refractivity contribution < 1.29 is 13.5 Å². The lowest BCUT2D eigenvalue weighted by atomic mass is 9.89. The van der Waals surface area contributed by atoms with E-state index in [2.05, 4.69) is 10.2 Å². The third-order valence-corrected chi connectivity index (χ3v) is 6.20. The van der Waals surface area contributed by atoms with Gasteiger partial charge in [0.05, 0.1) is 23.7 Å². The number of aliphatic hydroxyl groups excluding tert-OH is 1. The Kier molecular flexibility index (Phi) is 4.31. The van der Waals surface area contributed by atoms with Gasteiger partial charge in [0.1, 0.15) is 0 Å². The quantitative estimate of drug-likeness (QED) is 0.734. The summed E-state index contributed by atoms with van der Waals surface area (Å²) in [5.74, 6) is 0.0322. The maximum Gasteiger partial charge on any atom is 0.154 e. The van der Waals surface area contributed by atoms with Crippen molar-refractivity contribution in [2.24, 2.45) is 0 Å². The first-order valence-corrected chi connectivity index (χ1v) is 8.53. The lowest BCUT2D eigenvalue weighted by Crippen LogP contribution is -2.48. The Labute approximate surface area is 109 Å². The van der Waals surface area contributed by atoms with Gasteiger partial charge in [-0.05, 0) is 39.8 Å². The second-order valence-electron chi connectivity index (χ2n) is 5.67. The van der Waals surface area contributed by atoms with Crippen molar-refractivity contribution in [3.8, 4) is 0 Å². The van der Waals surface area contributed by atoms with Crippen LogP contribution in [0.25, 0.3) is 0 Å². The highest BCUT2D eigenvalue weighted by Gasteiger charge is 2.41. The van der Waals surface area contributed by atoms with Gasteiger partial charge >= 0.3 is 0 Å². The number of likely N-dealkylation sites (N-methyl/N-ethyl adjacent to an activating group) is 1. The second kappa shape index (κ2) is 5.45. The molecule has 1 saturated carbocycles. The third-order valence-electron chi connectivity index (χ3n) is 4.50. The first-order chi connectivity index (χ1) is 8.43. The molecule has 0 spiro atoms. The van der Waals surface area contributed by atoms with Gasteiger partial charge in [-0.1, -0.05) is 0 Å². The molecule has 0 aromatic rings. The topological polar surface area (TPSA) is 69.6 Å². The Bertz CT molecular complexity index is 377. The Morgan fingerprint density at radius 1 is 1.17 bits per heavy atom. The van der Waals surface area contributed by atoms with Gasteiger partial charge in [0.25, 0.3) is 0 Å². The summed E-state index contributed by atoms with van der Waals surface area (Å²) < 4.78 is 23.1. The molecule has 5 nitrogen and oxygen atoms in total. The molecule has 2 rings (SSSR count). The van der Waals surface area contributed by atoms with Crippen LogP contribution in [0.1, 0.15) is 25.7 Å². The molecule has 0 radical (unpaired) electrons. The zero-order valence-electron chi connectivity index (χ0n) is 11.2. The summed E-state index contributed by atoms with van der Waals surface area (Å²) >= 11 is 0. The van der Waals surface area contributed by atoms with Gasteiger partial charge in [-0.3, -0.25) is 4.90 Å². The average molecular weight is 276 g/mol. The molecule has 1 aliphatic carbocycles. The highest BCUT2D eigenvalue weighted by atomic mass is 32.2. The van der Waals surface area contributed by atoms with Gasteiger partial charge < -0.3 is 10.4 Å². The Balaban J connectivity index is 1.94. The van der Waals surface area contributed by atoms with Crippen LogP contribution in [0.5, 0.6) is 0 Å². The minimum atomic E-state index is -3.05. The van der Waals surface area contributed by atoms with E-state index in [0.717, 1.165) is 25.7 Å². The fourth-order valence-corrected chi connectivity index (χ4v) is 5.10. The minimum absolute atomic E-state index is 0.0755. The molecule has 6 heteroatoms. The number of nitrogens with zero attached hydrogens (tertiary/aromatic N) is 1. The third kappa shape index (κ3) is 3.04. The van der Waals surface area contributed by atoms with Crippen molar-refractivity contribution in [2.45, 2.75) is 49.9 Å². The van der Waals surface area contributed by atoms with E-state index >= 15 is 0 Å². The monoisotopic (exact) mass is 276 g/mol. The summed E-state index contributed by atoms with van der Waals surface area (Å²) in [7, 11) is 0.898. The largest absolute Gasteiger partial charge is 0.390 e. The average Bonchev–Trinajstić information content (AvgIpc) is 2.62. The highest BCUT2D eigenvalue weighted by Crippen LogP contribution is 2.27. The Hall–Kier alpha value is -0.170. The Morgan fingerprint density at radius 2 is 1.78 bits per heavy atom. The standard InChI is InChI=1S/C12H24N2O3S/c1-13-9-3-5-10(6-4-9)14(2)11-7-18(16,17)8-12(11)15/h9-13,15H,3-8H2,1-2H3. The molecule has 106 valence electrons. The van der Waals surface area contributed by atoms with Crippen molar-refractivity contribution in [2.75, 3.05) is 25.6 Å². The van der Waals surface area contributed by atoms with Crippen LogP contribution in [-0.4, -0.2) is 68.3 Å². The Morgan fingerprint density at radius 3 is 2.22 bits per heavy atom. The van der Waals surface area contributed by atoms with Crippen molar-refractivity contribution in [3.63, 3.8) is 0 Å². The van der Waals surface area contributed by atoms with E-state index in [1.54, 1.807) is 0 Å². The predicted octanol–water partition coefficient (Wildman–Crippen LogP) is -0.393. The van der Waals surface area contributed by atoms with E-state index in [0.29, 0.717) is 12.1 Å². The van der Waals surface area contributed by atoms with Crippen LogP contribution in [-0.2, 0) is 9.84 Å². The molecule has 18 heavy (non-hydrogen) atoms. The molecule has 1 saturated heterocycles. The first-order valence-electron chi connectivity index (χ1n) is 6.70. The van der Waals surface area contributed by atoms with Crippen LogP contribution in [0.4, 0.5) is 0 Å². The first kappa shape index (κ1) is 14.2. The fourth-order valence-electron chi connectivity index (χ4n) is 3.24. The molecular formula is C12H24N2O3S. The van der Waals surface area contributed by atoms with Crippen LogP contribution < -0.4 is 5.32 Å². The van der Waals surface area contributed by atoms with Crippen LogP contribution in [0.15, 0.2) is 0 Å². The van der Waals surface area contributed by atoms with Crippen LogP contribution in [0, 0.1) is 0 Å². The zero-order valence-corrected chi connectivity index (χ0v) is 12.0. The van der Waals surface area contributed by atoms with E-state index in [1.165, 1.54) is 0 Å².